The molecule has 0 unspecified atom stereocenters. The van der Waals surface area contributed by atoms with Crippen molar-refractivity contribution in [1.29, 1.82) is 0 Å². The van der Waals surface area contributed by atoms with E-state index in [4.69, 9.17) is 0 Å². The standard InChI is InChI=1S/C11H12N4OS/c1-8-12-13-10-7-14(4-5-15(8)10)11(16)9-3-2-6-17-9/h2-3,6H,4-5,7H2,1H3. The van der Waals surface area contributed by atoms with Gasteiger partial charge < -0.3 is 9.47 Å². The predicted octanol–water partition coefficient (Wildman–Crippen LogP) is 1.30. The largest absolute Gasteiger partial charge is 0.329 e. The Kier molecular flexibility index (Phi) is 2.44. The molecule has 0 fully saturated rings. The molecule has 0 N–H and O–H groups in total. The normalized spacial score (nSPS) is 14.8. The van der Waals surface area contributed by atoms with E-state index in [2.05, 4.69) is 14.8 Å². The summed E-state index contributed by atoms with van der Waals surface area (Å²) in [7, 11) is 0. The number of fused-ring (bicyclic) bond motifs is 1. The summed E-state index contributed by atoms with van der Waals surface area (Å²) in [4.78, 5) is 14.8. The Morgan fingerprint density at radius 1 is 1.41 bits per heavy atom. The number of aryl methyl sites for hydroxylation is 1. The SMILES string of the molecule is Cc1nnc2n1CCN(C(=O)c1cccs1)C2. The number of rotatable bonds is 1. The van der Waals surface area contributed by atoms with Crippen LogP contribution in [0.2, 0.25) is 0 Å². The van der Waals surface area contributed by atoms with Gasteiger partial charge in [-0.25, -0.2) is 0 Å². The van der Waals surface area contributed by atoms with Crippen LogP contribution < -0.4 is 0 Å². The summed E-state index contributed by atoms with van der Waals surface area (Å²) in [6, 6.07) is 3.76. The monoisotopic (exact) mass is 248 g/mol. The first-order valence-electron chi connectivity index (χ1n) is 5.47. The minimum absolute atomic E-state index is 0.0897. The average molecular weight is 248 g/mol. The van der Waals surface area contributed by atoms with Crippen LogP contribution in [0.1, 0.15) is 21.3 Å². The molecule has 6 heteroatoms. The van der Waals surface area contributed by atoms with Crippen molar-refractivity contribution >= 4 is 17.2 Å². The highest BCUT2D eigenvalue weighted by molar-refractivity contribution is 7.12. The van der Waals surface area contributed by atoms with Gasteiger partial charge in [0.15, 0.2) is 5.82 Å². The molecule has 0 aromatic carbocycles. The van der Waals surface area contributed by atoms with Crippen molar-refractivity contribution in [2.24, 2.45) is 0 Å². The summed E-state index contributed by atoms with van der Waals surface area (Å²) in [6.45, 7) is 4.00. The number of aromatic nitrogens is 3. The Morgan fingerprint density at radius 2 is 2.29 bits per heavy atom. The molecule has 1 amide bonds. The van der Waals surface area contributed by atoms with Gasteiger partial charge in [0.1, 0.15) is 5.82 Å². The third-order valence-electron chi connectivity index (χ3n) is 2.96. The van der Waals surface area contributed by atoms with Gasteiger partial charge in [-0.3, -0.25) is 4.79 Å². The van der Waals surface area contributed by atoms with Gasteiger partial charge >= 0.3 is 0 Å². The van der Waals surface area contributed by atoms with Crippen molar-refractivity contribution in [3.05, 3.63) is 34.0 Å². The molecule has 3 rings (SSSR count). The highest BCUT2D eigenvalue weighted by Gasteiger charge is 2.24. The van der Waals surface area contributed by atoms with Crippen LogP contribution in [0.3, 0.4) is 0 Å². The van der Waals surface area contributed by atoms with E-state index in [1.807, 2.05) is 29.3 Å². The van der Waals surface area contributed by atoms with Gasteiger partial charge in [0.05, 0.1) is 11.4 Å². The molecular weight excluding hydrogens is 236 g/mol. The molecule has 3 heterocycles. The summed E-state index contributed by atoms with van der Waals surface area (Å²) in [5.74, 6) is 1.88. The van der Waals surface area contributed by atoms with E-state index in [0.29, 0.717) is 6.54 Å². The van der Waals surface area contributed by atoms with E-state index < -0.39 is 0 Å². The van der Waals surface area contributed by atoms with E-state index in [-0.39, 0.29) is 5.91 Å². The van der Waals surface area contributed by atoms with E-state index in [0.717, 1.165) is 29.6 Å². The Labute approximate surface area is 103 Å². The smallest absolute Gasteiger partial charge is 0.264 e. The lowest BCUT2D eigenvalue weighted by atomic mass is 10.3. The first-order chi connectivity index (χ1) is 8.25. The Hall–Kier alpha value is -1.69. The quantitative estimate of drug-likeness (QED) is 0.764. The van der Waals surface area contributed by atoms with E-state index in [9.17, 15) is 4.79 Å². The molecule has 1 aliphatic heterocycles. The van der Waals surface area contributed by atoms with Gasteiger partial charge in [-0.05, 0) is 18.4 Å². The van der Waals surface area contributed by atoms with Crippen molar-refractivity contribution in [2.45, 2.75) is 20.0 Å². The third kappa shape index (κ3) is 1.74. The third-order valence-corrected chi connectivity index (χ3v) is 3.82. The molecule has 0 atom stereocenters. The molecule has 0 saturated heterocycles. The Morgan fingerprint density at radius 3 is 3.06 bits per heavy atom. The highest BCUT2D eigenvalue weighted by Crippen LogP contribution is 2.17. The first kappa shape index (κ1) is 10.5. The second-order valence-electron chi connectivity index (χ2n) is 4.02. The van der Waals surface area contributed by atoms with Crippen molar-refractivity contribution < 1.29 is 4.79 Å². The van der Waals surface area contributed by atoms with Gasteiger partial charge in [-0.15, -0.1) is 21.5 Å². The lowest BCUT2D eigenvalue weighted by Gasteiger charge is -2.27. The first-order valence-corrected chi connectivity index (χ1v) is 6.35. The molecule has 1 aliphatic rings. The van der Waals surface area contributed by atoms with Crippen LogP contribution in [0.15, 0.2) is 17.5 Å². The second kappa shape index (κ2) is 3.96. The topological polar surface area (TPSA) is 51.0 Å². The maximum atomic E-state index is 12.2. The molecule has 5 nitrogen and oxygen atoms in total. The van der Waals surface area contributed by atoms with Gasteiger partial charge in [0, 0.05) is 13.1 Å². The number of hydrogen-bond donors (Lipinski definition) is 0. The number of hydrogen-bond acceptors (Lipinski definition) is 4. The number of carbonyl (C=O) groups excluding carboxylic acids is 1. The fraction of sp³-hybridized carbons (Fsp3) is 0.364. The van der Waals surface area contributed by atoms with E-state index >= 15 is 0 Å². The molecule has 0 radical (unpaired) electrons. The molecule has 88 valence electrons. The van der Waals surface area contributed by atoms with Crippen molar-refractivity contribution in [3.8, 4) is 0 Å². The maximum Gasteiger partial charge on any atom is 0.264 e. The number of amides is 1. The zero-order valence-electron chi connectivity index (χ0n) is 9.46. The summed E-state index contributed by atoms with van der Waals surface area (Å²) in [6.07, 6.45) is 0. The Bertz CT molecular complexity index is 546. The molecule has 0 bridgehead atoms. The fourth-order valence-corrected chi connectivity index (χ4v) is 2.72. The van der Waals surface area contributed by atoms with Crippen LogP contribution in [-0.2, 0) is 13.1 Å². The van der Waals surface area contributed by atoms with E-state index in [1.165, 1.54) is 11.3 Å². The maximum absolute atomic E-state index is 12.2. The summed E-state index contributed by atoms with van der Waals surface area (Å²) >= 11 is 1.48. The Balaban J connectivity index is 1.83. The van der Waals surface area contributed by atoms with Crippen LogP contribution in [-0.4, -0.2) is 32.1 Å². The number of thiophene rings is 1. The van der Waals surface area contributed by atoms with E-state index in [1.54, 1.807) is 0 Å². The van der Waals surface area contributed by atoms with Gasteiger partial charge in [0.25, 0.3) is 5.91 Å². The number of nitrogens with zero attached hydrogens (tertiary/aromatic N) is 4. The fourth-order valence-electron chi connectivity index (χ4n) is 2.03. The van der Waals surface area contributed by atoms with Crippen LogP contribution >= 0.6 is 11.3 Å². The van der Waals surface area contributed by atoms with Crippen LogP contribution in [0, 0.1) is 6.92 Å². The van der Waals surface area contributed by atoms with Crippen LogP contribution in [0.4, 0.5) is 0 Å². The molecule has 0 aliphatic carbocycles. The molecule has 0 saturated carbocycles. The minimum atomic E-state index is 0.0897. The van der Waals surface area contributed by atoms with Crippen molar-refractivity contribution in [3.63, 3.8) is 0 Å². The lowest BCUT2D eigenvalue weighted by molar-refractivity contribution is 0.0711. The van der Waals surface area contributed by atoms with Gasteiger partial charge in [-0.2, -0.15) is 0 Å². The molecule has 0 spiro atoms. The van der Waals surface area contributed by atoms with Gasteiger partial charge in [-0.1, -0.05) is 6.07 Å². The zero-order valence-corrected chi connectivity index (χ0v) is 10.3. The molecule has 17 heavy (non-hydrogen) atoms. The second-order valence-corrected chi connectivity index (χ2v) is 4.97. The lowest BCUT2D eigenvalue weighted by Crippen LogP contribution is -2.38. The highest BCUT2D eigenvalue weighted by atomic mass is 32.1. The predicted molar refractivity (Wildman–Crippen MR) is 63.8 cm³/mol. The summed E-state index contributed by atoms with van der Waals surface area (Å²) < 4.78 is 2.07. The zero-order chi connectivity index (χ0) is 11.8. The molecule has 2 aromatic heterocycles. The van der Waals surface area contributed by atoms with Crippen molar-refractivity contribution in [2.75, 3.05) is 6.54 Å². The summed E-state index contributed by atoms with van der Waals surface area (Å²) in [5.41, 5.74) is 0. The average Bonchev–Trinajstić information content (AvgIpc) is 2.98. The summed E-state index contributed by atoms with van der Waals surface area (Å²) in [5, 5.41) is 10.0. The number of carbonyl (C=O) groups is 1. The van der Waals surface area contributed by atoms with Crippen molar-refractivity contribution in [1.82, 2.24) is 19.7 Å². The minimum Gasteiger partial charge on any atom is -0.329 e. The van der Waals surface area contributed by atoms with Gasteiger partial charge in [0.2, 0.25) is 0 Å². The van der Waals surface area contributed by atoms with Crippen LogP contribution in [0.25, 0.3) is 0 Å². The molecular formula is C11H12N4OS. The molecule has 2 aromatic rings. The van der Waals surface area contributed by atoms with Crippen LogP contribution in [0.5, 0.6) is 0 Å².